The average molecular weight is 355 g/mol. The van der Waals surface area contributed by atoms with Crippen LogP contribution in [0.4, 0.5) is 0 Å². The highest BCUT2D eigenvalue weighted by molar-refractivity contribution is 5.94. The van der Waals surface area contributed by atoms with Gasteiger partial charge in [-0.2, -0.15) is 0 Å². The minimum atomic E-state index is -0.0142. The molecule has 4 rings (SSSR count). The molecule has 2 fully saturated rings. The van der Waals surface area contributed by atoms with Gasteiger partial charge in [0.05, 0.1) is 18.4 Å². The van der Waals surface area contributed by atoms with Crippen LogP contribution < -0.4 is 5.32 Å². The Kier molecular flexibility index (Phi) is 4.78. The molecule has 2 aromatic rings. The zero-order chi connectivity index (χ0) is 18.1. The van der Waals surface area contributed by atoms with Crippen LogP contribution in [-0.4, -0.2) is 48.3 Å². The molecule has 2 aliphatic rings. The number of nitrogens with zero attached hydrogens (tertiary/aromatic N) is 2. The third-order valence-electron chi connectivity index (χ3n) is 5.64. The molecule has 0 spiro atoms. The van der Waals surface area contributed by atoms with Crippen molar-refractivity contribution in [2.45, 2.75) is 26.5 Å². The predicted molar refractivity (Wildman–Crippen MR) is 96.7 cm³/mol. The molecule has 138 valence electrons. The van der Waals surface area contributed by atoms with Gasteiger partial charge in [-0.3, -0.25) is 9.69 Å². The summed E-state index contributed by atoms with van der Waals surface area (Å²) in [6, 6.07) is 9.35. The van der Waals surface area contributed by atoms with E-state index in [0.29, 0.717) is 23.9 Å². The van der Waals surface area contributed by atoms with Crippen LogP contribution in [0.25, 0.3) is 0 Å². The highest BCUT2D eigenvalue weighted by Crippen LogP contribution is 2.34. The first-order valence-electron chi connectivity index (χ1n) is 9.20. The first-order valence-corrected chi connectivity index (χ1v) is 9.20. The van der Waals surface area contributed by atoms with Crippen molar-refractivity contribution >= 4 is 5.91 Å². The Bertz CT molecular complexity index is 754. The SMILES string of the molecule is Cc1noc(C)c1CN1C[C@@H]2[C@H](CNC(=O)c3ccccc3)CO[C@@H]2C1. The van der Waals surface area contributed by atoms with E-state index in [1.807, 2.05) is 44.2 Å². The Morgan fingerprint density at radius 1 is 1.27 bits per heavy atom. The van der Waals surface area contributed by atoms with Crippen molar-refractivity contribution in [1.29, 1.82) is 0 Å². The summed E-state index contributed by atoms with van der Waals surface area (Å²) in [7, 11) is 0. The van der Waals surface area contributed by atoms with Crippen LogP contribution in [-0.2, 0) is 11.3 Å². The summed E-state index contributed by atoms with van der Waals surface area (Å²) in [5.41, 5.74) is 2.85. The second-order valence-corrected chi connectivity index (χ2v) is 7.37. The van der Waals surface area contributed by atoms with Crippen molar-refractivity contribution in [3.05, 3.63) is 52.9 Å². The molecular weight excluding hydrogens is 330 g/mol. The summed E-state index contributed by atoms with van der Waals surface area (Å²) in [4.78, 5) is 14.7. The molecule has 26 heavy (non-hydrogen) atoms. The summed E-state index contributed by atoms with van der Waals surface area (Å²) in [6.45, 7) is 8.10. The van der Waals surface area contributed by atoms with Crippen LogP contribution in [0.1, 0.15) is 27.4 Å². The lowest BCUT2D eigenvalue weighted by Crippen LogP contribution is -2.34. The second-order valence-electron chi connectivity index (χ2n) is 7.37. The summed E-state index contributed by atoms with van der Waals surface area (Å²) in [6.07, 6.45) is 0.258. The van der Waals surface area contributed by atoms with Crippen molar-refractivity contribution in [3.63, 3.8) is 0 Å². The van der Waals surface area contributed by atoms with Crippen LogP contribution in [0.2, 0.25) is 0 Å². The van der Waals surface area contributed by atoms with Crippen LogP contribution in [0.5, 0.6) is 0 Å². The standard InChI is InChI=1S/C20H25N3O3/c1-13-17(14(2)26-22-13)9-23-10-18-16(12-25-19(18)11-23)8-21-20(24)15-6-4-3-5-7-15/h3-7,16,18-19H,8-12H2,1-2H3,(H,21,24)/t16-,18-,19-/m1/s1. The predicted octanol–water partition coefficient (Wildman–Crippen LogP) is 2.17. The minimum Gasteiger partial charge on any atom is -0.376 e. The molecule has 2 saturated heterocycles. The summed E-state index contributed by atoms with van der Waals surface area (Å²) in [5, 5.41) is 7.11. The van der Waals surface area contributed by atoms with E-state index in [1.165, 1.54) is 5.56 Å². The number of hydrogen-bond donors (Lipinski definition) is 1. The number of carbonyl (C=O) groups is 1. The van der Waals surface area contributed by atoms with E-state index in [4.69, 9.17) is 9.26 Å². The molecule has 1 N–H and O–H groups in total. The number of aryl methyl sites for hydroxylation is 2. The summed E-state index contributed by atoms with van der Waals surface area (Å²) >= 11 is 0. The molecule has 1 amide bonds. The van der Waals surface area contributed by atoms with E-state index in [2.05, 4.69) is 15.4 Å². The molecule has 0 aliphatic carbocycles. The molecule has 6 heteroatoms. The van der Waals surface area contributed by atoms with E-state index < -0.39 is 0 Å². The van der Waals surface area contributed by atoms with Gasteiger partial charge in [0.25, 0.3) is 5.91 Å². The Hall–Kier alpha value is -2.18. The Balaban J connectivity index is 1.33. The second kappa shape index (κ2) is 7.21. The van der Waals surface area contributed by atoms with Crippen LogP contribution in [0.3, 0.4) is 0 Å². The maximum Gasteiger partial charge on any atom is 0.251 e. The molecule has 0 radical (unpaired) electrons. The van der Waals surface area contributed by atoms with Crippen molar-refractivity contribution in [2.24, 2.45) is 11.8 Å². The van der Waals surface area contributed by atoms with Crippen molar-refractivity contribution in [2.75, 3.05) is 26.2 Å². The number of benzene rings is 1. The fourth-order valence-electron chi connectivity index (χ4n) is 4.09. The molecular formula is C20H25N3O3. The minimum absolute atomic E-state index is 0.0142. The van der Waals surface area contributed by atoms with Gasteiger partial charge in [0, 0.05) is 49.1 Å². The molecule has 0 saturated carbocycles. The first kappa shape index (κ1) is 17.2. The van der Waals surface area contributed by atoms with E-state index in [9.17, 15) is 4.79 Å². The molecule has 1 aromatic heterocycles. The van der Waals surface area contributed by atoms with Gasteiger partial charge in [-0.15, -0.1) is 0 Å². The molecule has 0 bridgehead atoms. The number of ether oxygens (including phenoxy) is 1. The molecule has 6 nitrogen and oxygen atoms in total. The lowest BCUT2D eigenvalue weighted by atomic mass is 9.93. The largest absolute Gasteiger partial charge is 0.376 e. The van der Waals surface area contributed by atoms with Gasteiger partial charge < -0.3 is 14.6 Å². The quantitative estimate of drug-likeness (QED) is 0.890. The van der Waals surface area contributed by atoms with E-state index in [-0.39, 0.29) is 12.0 Å². The molecule has 2 aliphatic heterocycles. The number of aromatic nitrogens is 1. The third-order valence-corrected chi connectivity index (χ3v) is 5.64. The Morgan fingerprint density at radius 3 is 2.81 bits per heavy atom. The average Bonchev–Trinajstić information content (AvgIpc) is 3.31. The fraction of sp³-hybridized carbons (Fsp3) is 0.500. The third kappa shape index (κ3) is 3.39. The lowest BCUT2D eigenvalue weighted by Gasteiger charge is -2.20. The zero-order valence-electron chi connectivity index (χ0n) is 15.3. The van der Waals surface area contributed by atoms with E-state index in [0.717, 1.165) is 37.7 Å². The smallest absolute Gasteiger partial charge is 0.251 e. The normalized spacial score (nSPS) is 25.4. The number of nitrogens with one attached hydrogen (secondary N) is 1. The van der Waals surface area contributed by atoms with Gasteiger partial charge in [0.1, 0.15) is 5.76 Å². The van der Waals surface area contributed by atoms with E-state index in [1.54, 1.807) is 0 Å². The van der Waals surface area contributed by atoms with Crippen LogP contribution in [0, 0.1) is 25.7 Å². The number of likely N-dealkylation sites (tertiary alicyclic amines) is 1. The maximum atomic E-state index is 12.3. The van der Waals surface area contributed by atoms with Crippen LogP contribution in [0.15, 0.2) is 34.9 Å². The number of carbonyl (C=O) groups excluding carboxylic acids is 1. The summed E-state index contributed by atoms with van der Waals surface area (Å²) < 4.78 is 11.3. The van der Waals surface area contributed by atoms with E-state index >= 15 is 0 Å². The molecule has 3 heterocycles. The van der Waals surface area contributed by atoms with Gasteiger partial charge in [-0.1, -0.05) is 23.4 Å². The number of rotatable bonds is 5. The van der Waals surface area contributed by atoms with Crippen molar-refractivity contribution in [1.82, 2.24) is 15.4 Å². The maximum absolute atomic E-state index is 12.3. The van der Waals surface area contributed by atoms with Gasteiger partial charge in [0.2, 0.25) is 0 Å². The van der Waals surface area contributed by atoms with Gasteiger partial charge in [-0.25, -0.2) is 0 Å². The Morgan fingerprint density at radius 2 is 2.08 bits per heavy atom. The van der Waals surface area contributed by atoms with Gasteiger partial charge >= 0.3 is 0 Å². The fourth-order valence-corrected chi connectivity index (χ4v) is 4.09. The Labute approximate surface area is 153 Å². The van der Waals surface area contributed by atoms with Gasteiger partial charge in [0.15, 0.2) is 0 Å². The number of fused-ring (bicyclic) bond motifs is 1. The van der Waals surface area contributed by atoms with Crippen LogP contribution >= 0.6 is 0 Å². The molecule has 3 atom stereocenters. The number of amides is 1. The van der Waals surface area contributed by atoms with Crippen molar-refractivity contribution < 1.29 is 14.1 Å². The monoisotopic (exact) mass is 355 g/mol. The zero-order valence-corrected chi connectivity index (χ0v) is 15.3. The topological polar surface area (TPSA) is 67.6 Å². The summed E-state index contributed by atoms with van der Waals surface area (Å²) in [5.74, 6) is 1.71. The molecule has 1 aromatic carbocycles. The highest BCUT2D eigenvalue weighted by atomic mass is 16.5. The first-order chi connectivity index (χ1) is 12.6. The highest BCUT2D eigenvalue weighted by Gasteiger charge is 2.43. The molecule has 0 unspecified atom stereocenters. The van der Waals surface area contributed by atoms with Gasteiger partial charge in [-0.05, 0) is 26.0 Å². The number of hydrogen-bond acceptors (Lipinski definition) is 5. The lowest BCUT2D eigenvalue weighted by molar-refractivity contribution is 0.0903. The van der Waals surface area contributed by atoms with Crippen molar-refractivity contribution in [3.8, 4) is 0 Å².